The van der Waals surface area contributed by atoms with E-state index in [1.54, 1.807) is 62.6 Å². The zero-order valence-electron chi connectivity index (χ0n) is 20.2. The maximum absolute atomic E-state index is 16.9. The highest BCUT2D eigenvalue weighted by molar-refractivity contribution is 5.85. The molecule has 1 atom stereocenters. The first-order chi connectivity index (χ1) is 16.5. The lowest BCUT2D eigenvalue weighted by molar-refractivity contribution is -0.0382. The van der Waals surface area contributed by atoms with Gasteiger partial charge in [0.15, 0.2) is 11.5 Å². The second-order valence-electron chi connectivity index (χ2n) is 8.22. The van der Waals surface area contributed by atoms with E-state index in [4.69, 9.17) is 14.2 Å². The molecule has 0 N–H and O–H groups in total. The molecule has 0 bridgehead atoms. The van der Waals surface area contributed by atoms with E-state index in [0.29, 0.717) is 55.5 Å². The van der Waals surface area contributed by atoms with Crippen LogP contribution >= 0.6 is 12.4 Å². The molecule has 0 radical (unpaired) electrons. The van der Waals surface area contributed by atoms with E-state index in [9.17, 15) is 4.39 Å². The lowest BCUT2D eigenvalue weighted by Crippen LogP contribution is -2.54. The fourth-order valence-electron chi connectivity index (χ4n) is 4.64. The van der Waals surface area contributed by atoms with Gasteiger partial charge in [-0.2, -0.15) is 0 Å². The largest absolute Gasteiger partial charge is 0.493 e. The van der Waals surface area contributed by atoms with Gasteiger partial charge in [-0.1, -0.05) is 54.6 Å². The van der Waals surface area contributed by atoms with Crippen LogP contribution in [0.3, 0.4) is 0 Å². The van der Waals surface area contributed by atoms with Gasteiger partial charge in [-0.3, -0.25) is 9.80 Å². The van der Waals surface area contributed by atoms with E-state index >= 15 is 4.39 Å². The Bertz CT molecular complexity index is 1110. The molecule has 1 fully saturated rings. The number of hydrogen-bond acceptors (Lipinski definition) is 5. The minimum absolute atomic E-state index is 0. The molecule has 1 heterocycles. The lowest BCUT2D eigenvalue weighted by atomic mass is 9.93. The molecule has 35 heavy (non-hydrogen) atoms. The number of benzene rings is 3. The van der Waals surface area contributed by atoms with E-state index in [1.165, 1.54) is 12.1 Å². The number of hydrogen-bond donors (Lipinski definition) is 0. The number of methoxy groups -OCH3 is 3. The van der Waals surface area contributed by atoms with Gasteiger partial charge < -0.3 is 14.2 Å². The highest BCUT2D eigenvalue weighted by atomic mass is 35.5. The fourth-order valence-corrected chi connectivity index (χ4v) is 4.64. The Balaban J connectivity index is 0.00000342. The van der Waals surface area contributed by atoms with Crippen LogP contribution in [0.15, 0.2) is 66.7 Å². The third-order valence-electron chi connectivity index (χ3n) is 6.37. The zero-order chi connectivity index (χ0) is 24.1. The Morgan fingerprint density at radius 1 is 0.771 bits per heavy atom. The Kier molecular flexibility index (Phi) is 8.94. The molecular weight excluding hydrogens is 474 g/mol. The monoisotopic (exact) mass is 504 g/mol. The number of rotatable bonds is 8. The number of ether oxygens (including phenoxy) is 3. The van der Waals surface area contributed by atoms with Gasteiger partial charge >= 0.3 is 0 Å². The Hall–Kier alpha value is -2.87. The maximum atomic E-state index is 16.9. The summed E-state index contributed by atoms with van der Waals surface area (Å²) in [6, 6.07) is 18.7. The highest BCUT2D eigenvalue weighted by Crippen LogP contribution is 2.41. The Morgan fingerprint density at radius 3 is 2.00 bits per heavy atom. The van der Waals surface area contributed by atoms with Crippen molar-refractivity contribution < 1.29 is 23.0 Å². The first-order valence-corrected chi connectivity index (χ1v) is 11.3. The first-order valence-electron chi connectivity index (χ1n) is 11.3. The molecule has 3 aromatic carbocycles. The minimum atomic E-state index is -2.06. The van der Waals surface area contributed by atoms with Crippen molar-refractivity contribution >= 4 is 12.4 Å². The van der Waals surface area contributed by atoms with Crippen molar-refractivity contribution in [2.24, 2.45) is 0 Å². The summed E-state index contributed by atoms with van der Waals surface area (Å²) >= 11 is 0. The van der Waals surface area contributed by atoms with Gasteiger partial charge in [0.05, 0.1) is 21.3 Å². The summed E-state index contributed by atoms with van der Waals surface area (Å²) in [4.78, 5) is 3.95. The number of nitrogens with zero attached hydrogens (tertiary/aromatic N) is 2. The van der Waals surface area contributed by atoms with Gasteiger partial charge in [0.25, 0.3) is 0 Å². The molecule has 3 aromatic rings. The van der Waals surface area contributed by atoms with Gasteiger partial charge in [-0.15, -0.1) is 12.4 Å². The van der Waals surface area contributed by atoms with Gasteiger partial charge in [0.2, 0.25) is 11.5 Å². The number of alkyl halides is 1. The van der Waals surface area contributed by atoms with Gasteiger partial charge in [0, 0.05) is 49.4 Å². The van der Waals surface area contributed by atoms with Crippen LogP contribution in [0.2, 0.25) is 0 Å². The second kappa shape index (κ2) is 11.7. The summed E-state index contributed by atoms with van der Waals surface area (Å²) in [5.74, 6) is -0.832. The van der Waals surface area contributed by atoms with Crippen LogP contribution in [0.4, 0.5) is 8.78 Å². The van der Waals surface area contributed by atoms with Crippen molar-refractivity contribution in [3.8, 4) is 17.2 Å². The van der Waals surface area contributed by atoms with Crippen LogP contribution in [0.1, 0.15) is 16.7 Å². The fraction of sp³-hybridized carbons (Fsp3) is 0.333. The third-order valence-corrected chi connectivity index (χ3v) is 6.37. The van der Waals surface area contributed by atoms with Gasteiger partial charge in [-0.25, -0.2) is 8.78 Å². The average molecular weight is 505 g/mol. The molecule has 1 aliphatic heterocycles. The summed E-state index contributed by atoms with van der Waals surface area (Å²) in [5.41, 5.74) is 1.42. The molecule has 0 saturated carbocycles. The smallest absolute Gasteiger partial charge is 0.218 e. The van der Waals surface area contributed by atoms with E-state index in [-0.39, 0.29) is 18.0 Å². The molecule has 8 heteroatoms. The summed E-state index contributed by atoms with van der Waals surface area (Å²) in [7, 11) is 4.77. The predicted octanol–water partition coefficient (Wildman–Crippen LogP) is 5.26. The summed E-state index contributed by atoms with van der Waals surface area (Å²) in [6.45, 7) is 2.72. The molecule has 0 aliphatic carbocycles. The van der Waals surface area contributed by atoms with Crippen molar-refractivity contribution in [3.05, 3.63) is 89.2 Å². The van der Waals surface area contributed by atoms with Crippen LogP contribution in [0.25, 0.3) is 0 Å². The molecule has 0 spiro atoms. The predicted molar refractivity (Wildman–Crippen MR) is 135 cm³/mol. The molecule has 188 valence electrons. The van der Waals surface area contributed by atoms with Crippen LogP contribution in [0, 0.1) is 5.82 Å². The lowest BCUT2D eigenvalue weighted by Gasteiger charge is -2.43. The molecule has 0 aromatic heterocycles. The van der Waals surface area contributed by atoms with E-state index in [1.807, 2.05) is 18.2 Å². The first kappa shape index (κ1) is 26.7. The second-order valence-corrected chi connectivity index (χ2v) is 8.22. The minimum Gasteiger partial charge on any atom is -0.493 e. The van der Waals surface area contributed by atoms with Crippen LogP contribution < -0.4 is 14.2 Å². The van der Waals surface area contributed by atoms with Crippen LogP contribution in [-0.2, 0) is 12.3 Å². The number of halogens is 3. The molecule has 4 rings (SSSR count). The summed E-state index contributed by atoms with van der Waals surface area (Å²) in [5, 5.41) is 0. The third kappa shape index (κ3) is 5.22. The molecule has 5 nitrogen and oxygen atoms in total. The van der Waals surface area contributed by atoms with Crippen LogP contribution in [-0.4, -0.2) is 57.3 Å². The zero-order valence-corrected chi connectivity index (χ0v) is 21.0. The summed E-state index contributed by atoms with van der Waals surface area (Å²) < 4.78 is 48.1. The SMILES string of the molecule is COc1ccc(CN2CCN(C(F)(c3ccccc3)c3ccccc3F)CC2)c(OC)c1OC.Cl. The maximum Gasteiger partial charge on any atom is 0.218 e. The molecule has 1 unspecified atom stereocenters. The normalized spacial score (nSPS) is 16.1. The standard InChI is InChI=1S/C27H30F2N2O3.ClH/c1-32-24-14-13-20(25(33-2)26(24)34-3)19-30-15-17-31(18-16-30)27(29,21-9-5-4-6-10-21)22-11-7-8-12-23(22)28;/h4-14H,15-19H2,1-3H3;1H. The number of piperazine rings is 1. The van der Waals surface area contributed by atoms with E-state index < -0.39 is 11.6 Å². The van der Waals surface area contributed by atoms with Crippen molar-refractivity contribution in [1.82, 2.24) is 9.80 Å². The van der Waals surface area contributed by atoms with Crippen LogP contribution in [0.5, 0.6) is 17.2 Å². The van der Waals surface area contributed by atoms with E-state index in [0.717, 1.165) is 5.56 Å². The Morgan fingerprint density at radius 2 is 1.40 bits per heavy atom. The molecule has 1 saturated heterocycles. The summed E-state index contributed by atoms with van der Waals surface area (Å²) in [6.07, 6.45) is 0. The Labute approximate surface area is 211 Å². The molecular formula is C27H31ClF2N2O3. The van der Waals surface area contributed by atoms with Gasteiger partial charge in [0.1, 0.15) is 5.82 Å². The average Bonchev–Trinajstić information content (AvgIpc) is 2.89. The van der Waals surface area contributed by atoms with Crippen molar-refractivity contribution in [1.29, 1.82) is 0 Å². The highest BCUT2D eigenvalue weighted by Gasteiger charge is 2.43. The van der Waals surface area contributed by atoms with Crippen molar-refractivity contribution in [2.75, 3.05) is 47.5 Å². The van der Waals surface area contributed by atoms with Gasteiger partial charge in [-0.05, 0) is 12.1 Å². The van der Waals surface area contributed by atoms with E-state index in [2.05, 4.69) is 4.90 Å². The molecule has 1 aliphatic rings. The van der Waals surface area contributed by atoms with Crippen molar-refractivity contribution in [3.63, 3.8) is 0 Å². The topological polar surface area (TPSA) is 34.2 Å². The molecule has 0 amide bonds. The van der Waals surface area contributed by atoms with Crippen molar-refractivity contribution in [2.45, 2.75) is 12.3 Å². The quantitative estimate of drug-likeness (QED) is 0.391.